The Hall–Kier alpha value is -1.55. The molecule has 0 spiro atoms. The molecule has 10 heteroatoms. The van der Waals surface area contributed by atoms with E-state index >= 15 is 0 Å². The summed E-state index contributed by atoms with van der Waals surface area (Å²) in [5.74, 6) is 0.743. The third-order valence-corrected chi connectivity index (χ3v) is 6.82. The van der Waals surface area contributed by atoms with Crippen molar-refractivity contribution in [3.63, 3.8) is 0 Å². The number of nitrogens with zero attached hydrogens (tertiary/aromatic N) is 2. The predicted molar refractivity (Wildman–Crippen MR) is 96.8 cm³/mol. The molecule has 2 heterocycles. The second-order valence-corrected chi connectivity index (χ2v) is 9.00. The van der Waals surface area contributed by atoms with Crippen LogP contribution in [0.5, 0.6) is 0 Å². The number of thioether (sulfide) groups is 1. The molecule has 1 aromatic heterocycles. The number of halogens is 1. The van der Waals surface area contributed by atoms with Crippen LogP contribution in [0.2, 0.25) is 5.02 Å². The van der Waals surface area contributed by atoms with E-state index in [1.807, 2.05) is 6.07 Å². The van der Waals surface area contributed by atoms with Gasteiger partial charge >= 0.3 is 5.69 Å². The van der Waals surface area contributed by atoms with Gasteiger partial charge in [0, 0.05) is 36.3 Å². The lowest BCUT2D eigenvalue weighted by molar-refractivity contribution is 0.539. The molecular weight excluding hydrogens is 386 g/mol. The maximum Gasteiger partial charge on any atom is 0.330 e. The highest BCUT2D eigenvalue weighted by Gasteiger charge is 2.29. The summed E-state index contributed by atoms with van der Waals surface area (Å²) in [7, 11) is -1.46. The van der Waals surface area contributed by atoms with Gasteiger partial charge in [0.15, 0.2) is 4.90 Å². The topological polar surface area (TPSA) is 90.2 Å². The van der Waals surface area contributed by atoms with Gasteiger partial charge < -0.3 is 4.57 Å². The first-order valence-electron chi connectivity index (χ1n) is 7.42. The van der Waals surface area contributed by atoms with E-state index in [0.717, 1.165) is 31.5 Å². The van der Waals surface area contributed by atoms with Crippen molar-refractivity contribution in [1.82, 2.24) is 13.9 Å². The molecule has 1 aliphatic rings. The van der Waals surface area contributed by atoms with Gasteiger partial charge in [-0.2, -0.15) is 0 Å². The number of sulfonamides is 1. The average Bonchev–Trinajstić information content (AvgIpc) is 2.56. The zero-order valence-corrected chi connectivity index (χ0v) is 15.9. The fourth-order valence-electron chi connectivity index (χ4n) is 2.70. The molecule has 1 atom stereocenters. The summed E-state index contributed by atoms with van der Waals surface area (Å²) in [6.07, 6.45) is 1.62. The van der Waals surface area contributed by atoms with E-state index in [9.17, 15) is 18.0 Å². The Bertz CT molecular complexity index is 1060. The third kappa shape index (κ3) is 3.41. The Balaban J connectivity index is 2.04. The van der Waals surface area contributed by atoms with Gasteiger partial charge in [-0.05, 0) is 35.9 Å². The van der Waals surface area contributed by atoms with E-state index in [0.29, 0.717) is 11.4 Å². The Morgan fingerprint density at radius 1 is 1.28 bits per heavy atom. The average molecular weight is 402 g/mol. The molecule has 134 valence electrons. The Labute approximate surface area is 153 Å². The van der Waals surface area contributed by atoms with Crippen LogP contribution in [0.4, 0.5) is 0 Å². The normalized spacial score (nSPS) is 17.3. The van der Waals surface area contributed by atoms with Crippen LogP contribution in [-0.2, 0) is 24.1 Å². The summed E-state index contributed by atoms with van der Waals surface area (Å²) < 4.78 is 29.9. The highest BCUT2D eigenvalue weighted by molar-refractivity contribution is 7.99. The van der Waals surface area contributed by atoms with Gasteiger partial charge in [0.25, 0.3) is 5.56 Å². The lowest BCUT2D eigenvalue weighted by Crippen LogP contribution is -2.42. The van der Waals surface area contributed by atoms with E-state index in [2.05, 4.69) is 4.72 Å². The standard InChI is InChI=1S/C15H16ClN3O4S2/c1-18-8-13(14(20)19(2)15(18)21)25(22,23)17-11-5-6-24-12-4-3-9(16)7-10(11)12/h3-4,7-8,11,17H,5-6H2,1-2H3/t11-/m1/s1. The van der Waals surface area contributed by atoms with Gasteiger partial charge in [0.05, 0.1) is 0 Å². The van der Waals surface area contributed by atoms with Crippen molar-refractivity contribution in [3.05, 3.63) is 55.8 Å². The lowest BCUT2D eigenvalue weighted by Gasteiger charge is -2.26. The molecule has 1 aromatic carbocycles. The number of benzene rings is 1. The molecule has 0 aliphatic carbocycles. The maximum absolute atomic E-state index is 12.8. The number of hydrogen-bond donors (Lipinski definition) is 1. The maximum atomic E-state index is 12.8. The zero-order valence-electron chi connectivity index (χ0n) is 13.5. The van der Waals surface area contributed by atoms with Crippen LogP contribution in [0.25, 0.3) is 0 Å². The summed E-state index contributed by atoms with van der Waals surface area (Å²) in [6, 6.07) is 4.86. The fourth-order valence-corrected chi connectivity index (χ4v) is 5.39. The molecule has 3 rings (SSSR count). The molecule has 7 nitrogen and oxygen atoms in total. The molecule has 0 unspecified atom stereocenters. The summed E-state index contributed by atoms with van der Waals surface area (Å²) in [5, 5.41) is 0.517. The van der Waals surface area contributed by atoms with E-state index in [1.54, 1.807) is 23.9 Å². The quantitative estimate of drug-likeness (QED) is 0.836. The summed E-state index contributed by atoms with van der Waals surface area (Å²) in [6.45, 7) is 0. The van der Waals surface area contributed by atoms with E-state index in [1.165, 1.54) is 14.1 Å². The third-order valence-electron chi connectivity index (χ3n) is 4.01. The minimum Gasteiger partial charge on any atom is -0.302 e. The van der Waals surface area contributed by atoms with Crippen LogP contribution in [0.3, 0.4) is 0 Å². The van der Waals surface area contributed by atoms with Crippen LogP contribution >= 0.6 is 23.4 Å². The molecule has 25 heavy (non-hydrogen) atoms. The first-order chi connectivity index (χ1) is 11.7. The van der Waals surface area contributed by atoms with Crippen molar-refractivity contribution in [2.45, 2.75) is 22.3 Å². The van der Waals surface area contributed by atoms with Crippen LogP contribution in [0, 0.1) is 0 Å². The SMILES string of the molecule is Cn1cc(S(=O)(=O)N[C@@H]2CCSc3ccc(Cl)cc32)c(=O)n(C)c1=O. The number of nitrogens with one attached hydrogen (secondary N) is 1. The van der Waals surface area contributed by atoms with E-state index < -0.39 is 32.2 Å². The van der Waals surface area contributed by atoms with Gasteiger partial charge in [0.1, 0.15) is 0 Å². The zero-order chi connectivity index (χ0) is 18.4. The number of aromatic nitrogens is 2. The smallest absolute Gasteiger partial charge is 0.302 e. The van der Waals surface area contributed by atoms with Gasteiger partial charge in [0.2, 0.25) is 10.0 Å². The van der Waals surface area contributed by atoms with Crippen molar-refractivity contribution < 1.29 is 8.42 Å². The molecular formula is C15H16ClN3O4S2. The lowest BCUT2D eigenvalue weighted by atomic mass is 10.1. The molecule has 0 radical (unpaired) electrons. The Morgan fingerprint density at radius 2 is 2.00 bits per heavy atom. The van der Waals surface area contributed by atoms with Gasteiger partial charge in [-0.1, -0.05) is 11.6 Å². The molecule has 2 aromatic rings. The van der Waals surface area contributed by atoms with Crippen LogP contribution in [0.1, 0.15) is 18.0 Å². The van der Waals surface area contributed by atoms with Gasteiger partial charge in [-0.3, -0.25) is 9.36 Å². The Morgan fingerprint density at radius 3 is 2.72 bits per heavy atom. The number of rotatable bonds is 3. The number of fused-ring (bicyclic) bond motifs is 1. The second-order valence-electron chi connectivity index (χ2n) is 5.74. The van der Waals surface area contributed by atoms with E-state index in [-0.39, 0.29) is 0 Å². The molecule has 0 fully saturated rings. The summed E-state index contributed by atoms with van der Waals surface area (Å²) >= 11 is 7.66. The van der Waals surface area contributed by atoms with Crippen molar-refractivity contribution in [2.75, 3.05) is 5.75 Å². The number of hydrogen-bond acceptors (Lipinski definition) is 5. The summed E-state index contributed by atoms with van der Waals surface area (Å²) in [5.41, 5.74) is -0.656. The van der Waals surface area contributed by atoms with Crippen molar-refractivity contribution in [1.29, 1.82) is 0 Å². The van der Waals surface area contributed by atoms with Crippen molar-refractivity contribution in [2.24, 2.45) is 14.1 Å². The first-order valence-corrected chi connectivity index (χ1v) is 10.3. The minimum atomic E-state index is -4.10. The molecule has 0 amide bonds. The van der Waals surface area contributed by atoms with Crippen LogP contribution in [-0.4, -0.2) is 23.3 Å². The second kappa shape index (κ2) is 6.64. The van der Waals surface area contributed by atoms with E-state index in [4.69, 9.17) is 11.6 Å². The van der Waals surface area contributed by atoms with Gasteiger partial charge in [-0.15, -0.1) is 11.8 Å². The monoisotopic (exact) mass is 401 g/mol. The molecule has 1 aliphatic heterocycles. The van der Waals surface area contributed by atoms with Crippen LogP contribution < -0.4 is 16.0 Å². The van der Waals surface area contributed by atoms with Crippen molar-refractivity contribution in [3.8, 4) is 0 Å². The summed E-state index contributed by atoms with van der Waals surface area (Å²) in [4.78, 5) is 24.5. The largest absolute Gasteiger partial charge is 0.330 e. The molecule has 0 saturated heterocycles. The fraction of sp³-hybridized carbons (Fsp3) is 0.333. The first kappa shape index (κ1) is 18.2. The highest BCUT2D eigenvalue weighted by atomic mass is 35.5. The number of aryl methyl sites for hydroxylation is 1. The van der Waals surface area contributed by atoms with Gasteiger partial charge in [-0.25, -0.2) is 17.9 Å². The minimum absolute atomic E-state index is 0.459. The Kier molecular flexibility index (Phi) is 4.84. The van der Waals surface area contributed by atoms with Crippen molar-refractivity contribution >= 4 is 33.4 Å². The highest BCUT2D eigenvalue weighted by Crippen LogP contribution is 2.38. The molecule has 0 bridgehead atoms. The molecule has 0 saturated carbocycles. The van der Waals surface area contributed by atoms with Crippen LogP contribution in [0.15, 0.2) is 43.8 Å². The predicted octanol–water partition coefficient (Wildman–Crippen LogP) is 1.25. The molecule has 1 N–H and O–H groups in total.